The van der Waals surface area contributed by atoms with Crippen LogP contribution in [0.1, 0.15) is 34.3 Å². The highest BCUT2D eigenvalue weighted by Gasteiger charge is 2.29. The van der Waals surface area contributed by atoms with Gasteiger partial charge in [-0.05, 0) is 44.2 Å². The maximum atomic E-state index is 12.4. The van der Waals surface area contributed by atoms with Gasteiger partial charge in [0.25, 0.3) is 5.91 Å². The zero-order valence-electron chi connectivity index (χ0n) is 11.2. The number of benzene rings is 1. The fourth-order valence-corrected chi connectivity index (χ4v) is 3.50. The van der Waals surface area contributed by atoms with E-state index in [0.29, 0.717) is 10.7 Å². The standard InChI is InChI=1S/C15H20BrNO/c1-10-4-5-11(2)14(6-10)15(18)17(3)9-12-7-13(16)8-12/h4-6,12-13H,7-9H2,1-3H3. The number of hydrogen-bond donors (Lipinski definition) is 0. The molecule has 1 aliphatic rings. The molecule has 0 bridgehead atoms. The second-order valence-corrected chi connectivity index (χ2v) is 6.73. The lowest BCUT2D eigenvalue weighted by molar-refractivity contribution is 0.0748. The van der Waals surface area contributed by atoms with Gasteiger partial charge in [-0.15, -0.1) is 0 Å². The van der Waals surface area contributed by atoms with Crippen LogP contribution in [0.4, 0.5) is 0 Å². The molecule has 18 heavy (non-hydrogen) atoms. The summed E-state index contributed by atoms with van der Waals surface area (Å²) in [6, 6.07) is 6.06. The van der Waals surface area contributed by atoms with Crippen molar-refractivity contribution < 1.29 is 4.79 Å². The third kappa shape index (κ3) is 2.94. The van der Waals surface area contributed by atoms with E-state index >= 15 is 0 Å². The summed E-state index contributed by atoms with van der Waals surface area (Å²) in [5, 5.41) is 0. The lowest BCUT2D eigenvalue weighted by Gasteiger charge is -2.34. The Labute approximate surface area is 117 Å². The predicted molar refractivity (Wildman–Crippen MR) is 78.3 cm³/mol. The number of carbonyl (C=O) groups is 1. The molecule has 1 aromatic carbocycles. The molecule has 1 aromatic rings. The van der Waals surface area contributed by atoms with E-state index in [1.165, 1.54) is 12.8 Å². The summed E-state index contributed by atoms with van der Waals surface area (Å²) in [7, 11) is 1.91. The van der Waals surface area contributed by atoms with Gasteiger partial charge in [0.05, 0.1) is 0 Å². The van der Waals surface area contributed by atoms with E-state index < -0.39 is 0 Å². The van der Waals surface area contributed by atoms with Crippen molar-refractivity contribution in [1.82, 2.24) is 4.90 Å². The molecule has 98 valence electrons. The average molecular weight is 310 g/mol. The van der Waals surface area contributed by atoms with E-state index in [9.17, 15) is 4.79 Å². The van der Waals surface area contributed by atoms with Gasteiger partial charge in [-0.3, -0.25) is 4.79 Å². The van der Waals surface area contributed by atoms with Crippen LogP contribution in [0.2, 0.25) is 0 Å². The molecule has 0 saturated heterocycles. The third-order valence-electron chi connectivity index (χ3n) is 3.68. The number of halogens is 1. The van der Waals surface area contributed by atoms with Gasteiger partial charge in [-0.1, -0.05) is 33.6 Å². The number of carbonyl (C=O) groups excluding carboxylic acids is 1. The minimum absolute atomic E-state index is 0.147. The van der Waals surface area contributed by atoms with E-state index in [-0.39, 0.29) is 5.91 Å². The van der Waals surface area contributed by atoms with Crippen LogP contribution < -0.4 is 0 Å². The fourth-order valence-electron chi connectivity index (χ4n) is 2.45. The molecule has 1 aliphatic carbocycles. The topological polar surface area (TPSA) is 20.3 Å². The van der Waals surface area contributed by atoms with E-state index in [2.05, 4.69) is 15.9 Å². The number of aryl methyl sites for hydroxylation is 2. The van der Waals surface area contributed by atoms with Gasteiger partial charge in [-0.2, -0.15) is 0 Å². The quantitative estimate of drug-likeness (QED) is 0.782. The van der Waals surface area contributed by atoms with Gasteiger partial charge in [0, 0.05) is 24.0 Å². The summed E-state index contributed by atoms with van der Waals surface area (Å²) in [4.78, 5) is 14.9. The van der Waals surface area contributed by atoms with Gasteiger partial charge in [0.15, 0.2) is 0 Å². The summed E-state index contributed by atoms with van der Waals surface area (Å²) < 4.78 is 0. The van der Waals surface area contributed by atoms with Crippen LogP contribution in [-0.4, -0.2) is 29.2 Å². The highest BCUT2D eigenvalue weighted by atomic mass is 79.9. The van der Waals surface area contributed by atoms with Crippen molar-refractivity contribution in [3.63, 3.8) is 0 Å². The van der Waals surface area contributed by atoms with E-state index in [4.69, 9.17) is 0 Å². The summed E-state index contributed by atoms with van der Waals surface area (Å²) in [5.41, 5.74) is 3.04. The van der Waals surface area contributed by atoms with Crippen molar-refractivity contribution >= 4 is 21.8 Å². The molecule has 0 atom stereocenters. The molecule has 0 radical (unpaired) electrons. The Morgan fingerprint density at radius 2 is 2.06 bits per heavy atom. The Hall–Kier alpha value is -0.830. The minimum Gasteiger partial charge on any atom is -0.341 e. The van der Waals surface area contributed by atoms with Crippen molar-refractivity contribution in [2.75, 3.05) is 13.6 Å². The number of rotatable bonds is 3. The molecule has 2 rings (SSSR count). The molecule has 1 fully saturated rings. The summed E-state index contributed by atoms with van der Waals surface area (Å²) >= 11 is 3.59. The minimum atomic E-state index is 0.147. The number of hydrogen-bond acceptors (Lipinski definition) is 1. The Balaban J connectivity index is 2.03. The largest absolute Gasteiger partial charge is 0.341 e. The molecular weight excluding hydrogens is 290 g/mol. The first-order valence-electron chi connectivity index (χ1n) is 6.44. The monoisotopic (exact) mass is 309 g/mol. The van der Waals surface area contributed by atoms with Crippen LogP contribution in [0.3, 0.4) is 0 Å². The smallest absolute Gasteiger partial charge is 0.253 e. The van der Waals surface area contributed by atoms with Crippen molar-refractivity contribution in [2.24, 2.45) is 5.92 Å². The fraction of sp³-hybridized carbons (Fsp3) is 0.533. The molecule has 0 N–H and O–H groups in total. The zero-order chi connectivity index (χ0) is 13.3. The normalized spacial score (nSPS) is 22.4. The summed E-state index contributed by atoms with van der Waals surface area (Å²) in [6.45, 7) is 4.89. The average Bonchev–Trinajstić information content (AvgIpc) is 2.29. The van der Waals surface area contributed by atoms with Crippen molar-refractivity contribution in [3.8, 4) is 0 Å². The molecule has 3 heteroatoms. The maximum absolute atomic E-state index is 12.4. The van der Waals surface area contributed by atoms with Gasteiger partial charge in [-0.25, -0.2) is 0 Å². The van der Waals surface area contributed by atoms with Crippen LogP contribution in [0.15, 0.2) is 18.2 Å². The first-order chi connectivity index (χ1) is 8.47. The van der Waals surface area contributed by atoms with Crippen molar-refractivity contribution in [3.05, 3.63) is 34.9 Å². The molecule has 0 aliphatic heterocycles. The molecule has 2 nitrogen and oxygen atoms in total. The molecule has 1 saturated carbocycles. The lowest BCUT2D eigenvalue weighted by atomic mass is 9.85. The van der Waals surface area contributed by atoms with Gasteiger partial charge >= 0.3 is 0 Å². The number of nitrogens with zero attached hydrogens (tertiary/aromatic N) is 1. The zero-order valence-corrected chi connectivity index (χ0v) is 12.8. The van der Waals surface area contributed by atoms with Crippen LogP contribution in [0.25, 0.3) is 0 Å². The molecule has 0 aromatic heterocycles. The third-order valence-corrected chi connectivity index (χ3v) is 4.43. The Bertz CT molecular complexity index is 452. The molecule has 0 spiro atoms. The highest BCUT2D eigenvalue weighted by Crippen LogP contribution is 2.33. The van der Waals surface area contributed by atoms with Gasteiger partial charge < -0.3 is 4.90 Å². The predicted octanol–water partition coefficient (Wildman–Crippen LogP) is 3.55. The van der Waals surface area contributed by atoms with Gasteiger partial charge in [0.2, 0.25) is 0 Å². The van der Waals surface area contributed by atoms with Crippen LogP contribution in [0, 0.1) is 19.8 Å². The summed E-state index contributed by atoms with van der Waals surface area (Å²) in [5.74, 6) is 0.808. The van der Waals surface area contributed by atoms with Crippen molar-refractivity contribution in [1.29, 1.82) is 0 Å². The van der Waals surface area contributed by atoms with E-state index in [1.807, 2.05) is 44.0 Å². The highest BCUT2D eigenvalue weighted by molar-refractivity contribution is 9.09. The van der Waals surface area contributed by atoms with Crippen LogP contribution >= 0.6 is 15.9 Å². The van der Waals surface area contributed by atoms with Crippen molar-refractivity contribution in [2.45, 2.75) is 31.5 Å². The van der Waals surface area contributed by atoms with Crippen LogP contribution in [-0.2, 0) is 0 Å². The SMILES string of the molecule is Cc1ccc(C)c(C(=O)N(C)CC2CC(Br)C2)c1. The van der Waals surface area contributed by atoms with Crippen LogP contribution in [0.5, 0.6) is 0 Å². The molecular formula is C15H20BrNO. The first-order valence-corrected chi connectivity index (χ1v) is 7.35. The number of alkyl halides is 1. The number of amides is 1. The first kappa shape index (κ1) is 13.6. The molecule has 1 amide bonds. The van der Waals surface area contributed by atoms with Gasteiger partial charge in [0.1, 0.15) is 0 Å². The summed E-state index contributed by atoms with van der Waals surface area (Å²) in [6.07, 6.45) is 2.37. The Morgan fingerprint density at radius 3 is 2.67 bits per heavy atom. The lowest BCUT2D eigenvalue weighted by Crippen LogP contribution is -2.38. The molecule has 0 heterocycles. The second-order valence-electron chi connectivity index (χ2n) is 5.44. The maximum Gasteiger partial charge on any atom is 0.253 e. The van der Waals surface area contributed by atoms with E-state index in [0.717, 1.165) is 23.2 Å². The van der Waals surface area contributed by atoms with E-state index in [1.54, 1.807) is 0 Å². The molecule has 0 unspecified atom stereocenters. The Morgan fingerprint density at radius 1 is 1.39 bits per heavy atom. The second kappa shape index (κ2) is 5.43. The Kier molecular flexibility index (Phi) is 4.10.